The molecule has 0 aromatic carbocycles. The molecule has 0 atom stereocenters. The zero-order valence-corrected chi connectivity index (χ0v) is 15.3. The van der Waals surface area contributed by atoms with Crippen molar-refractivity contribution in [1.82, 2.24) is 19.7 Å². The number of aryl methyl sites for hydroxylation is 1. The standard InChI is InChI=1S/C18H16F3N5O3/c1-11-6-12(7-23-16(11)29-10-18(19,20)21)8-25-9-13-14(24-25)2-3-22-15(13)26-4-5-28-17(26)27/h2-3,6-7,9H,4-5,8,10H2,1H3. The van der Waals surface area contributed by atoms with Crippen LogP contribution in [0.5, 0.6) is 5.88 Å². The fourth-order valence-electron chi connectivity index (χ4n) is 3.06. The van der Waals surface area contributed by atoms with Gasteiger partial charge in [-0.25, -0.2) is 14.8 Å². The van der Waals surface area contributed by atoms with Gasteiger partial charge in [0.15, 0.2) is 6.61 Å². The first kappa shape index (κ1) is 19.0. The average Bonchev–Trinajstić information content (AvgIpc) is 3.25. The number of rotatable bonds is 5. The zero-order chi connectivity index (χ0) is 20.6. The van der Waals surface area contributed by atoms with E-state index in [4.69, 9.17) is 9.47 Å². The molecule has 0 radical (unpaired) electrons. The van der Waals surface area contributed by atoms with Crippen molar-refractivity contribution >= 4 is 22.8 Å². The highest BCUT2D eigenvalue weighted by Gasteiger charge is 2.29. The second kappa shape index (κ2) is 7.22. The molecule has 1 aliphatic heterocycles. The maximum Gasteiger partial charge on any atom is 0.422 e. The van der Waals surface area contributed by atoms with Gasteiger partial charge in [0.05, 0.1) is 24.0 Å². The first-order valence-corrected chi connectivity index (χ1v) is 8.72. The summed E-state index contributed by atoms with van der Waals surface area (Å²) in [4.78, 5) is 21.6. The Kier molecular flexibility index (Phi) is 4.73. The van der Waals surface area contributed by atoms with E-state index in [1.165, 1.54) is 11.1 Å². The van der Waals surface area contributed by atoms with Gasteiger partial charge >= 0.3 is 12.3 Å². The highest BCUT2D eigenvalue weighted by Crippen LogP contribution is 2.26. The molecule has 0 unspecified atom stereocenters. The molecule has 1 amide bonds. The van der Waals surface area contributed by atoms with E-state index < -0.39 is 18.9 Å². The summed E-state index contributed by atoms with van der Waals surface area (Å²) < 4.78 is 48.3. The molecule has 0 N–H and O–H groups in total. The van der Waals surface area contributed by atoms with Gasteiger partial charge in [-0.1, -0.05) is 0 Å². The lowest BCUT2D eigenvalue weighted by Crippen LogP contribution is -2.24. The van der Waals surface area contributed by atoms with Gasteiger partial charge in [-0.2, -0.15) is 18.3 Å². The van der Waals surface area contributed by atoms with E-state index in [9.17, 15) is 18.0 Å². The summed E-state index contributed by atoms with van der Waals surface area (Å²) in [5.41, 5.74) is 1.89. The minimum Gasteiger partial charge on any atom is -0.468 e. The number of amides is 1. The molecule has 8 nitrogen and oxygen atoms in total. The van der Waals surface area contributed by atoms with Gasteiger partial charge < -0.3 is 9.47 Å². The predicted octanol–water partition coefficient (Wildman–Crippen LogP) is 3.08. The number of halogens is 3. The largest absolute Gasteiger partial charge is 0.468 e. The van der Waals surface area contributed by atoms with E-state index in [1.807, 2.05) is 0 Å². The third-order valence-corrected chi connectivity index (χ3v) is 4.28. The molecule has 0 saturated carbocycles. The van der Waals surface area contributed by atoms with Crippen LogP contribution < -0.4 is 9.64 Å². The van der Waals surface area contributed by atoms with Crippen molar-refractivity contribution in [3.63, 3.8) is 0 Å². The molecule has 0 bridgehead atoms. The Hall–Kier alpha value is -3.37. The van der Waals surface area contributed by atoms with E-state index in [2.05, 4.69) is 15.1 Å². The fourth-order valence-corrected chi connectivity index (χ4v) is 3.06. The first-order valence-electron chi connectivity index (χ1n) is 8.72. The Balaban J connectivity index is 1.55. The molecule has 1 fully saturated rings. The van der Waals surface area contributed by atoms with E-state index in [-0.39, 0.29) is 5.88 Å². The molecule has 11 heteroatoms. The predicted molar refractivity (Wildman–Crippen MR) is 95.8 cm³/mol. The zero-order valence-electron chi connectivity index (χ0n) is 15.3. The number of ether oxygens (including phenoxy) is 2. The maximum atomic E-state index is 12.3. The number of carbonyl (C=O) groups excluding carboxylic acids is 1. The topological polar surface area (TPSA) is 82.4 Å². The summed E-state index contributed by atoms with van der Waals surface area (Å²) in [5, 5.41) is 5.17. The van der Waals surface area contributed by atoms with Crippen LogP contribution in [-0.4, -0.2) is 51.8 Å². The van der Waals surface area contributed by atoms with Gasteiger partial charge in [0, 0.05) is 24.2 Å². The van der Waals surface area contributed by atoms with Crippen molar-refractivity contribution < 1.29 is 27.4 Å². The van der Waals surface area contributed by atoms with E-state index >= 15 is 0 Å². The van der Waals surface area contributed by atoms with Crippen LogP contribution in [-0.2, 0) is 11.3 Å². The number of hydrogen-bond donors (Lipinski definition) is 0. The normalized spacial score (nSPS) is 14.5. The minimum absolute atomic E-state index is 0.0595. The number of aromatic nitrogens is 4. The Morgan fingerprint density at radius 1 is 1.31 bits per heavy atom. The van der Waals surface area contributed by atoms with Gasteiger partial charge in [0.1, 0.15) is 12.4 Å². The molecule has 0 aliphatic carbocycles. The number of cyclic esters (lactones) is 1. The monoisotopic (exact) mass is 407 g/mol. The molecule has 4 heterocycles. The summed E-state index contributed by atoms with van der Waals surface area (Å²) in [6, 6.07) is 3.43. The Morgan fingerprint density at radius 2 is 2.14 bits per heavy atom. The van der Waals surface area contributed by atoms with Crippen LogP contribution in [0.1, 0.15) is 11.1 Å². The van der Waals surface area contributed by atoms with E-state index in [0.717, 1.165) is 5.56 Å². The van der Waals surface area contributed by atoms with Crippen molar-refractivity contribution in [2.45, 2.75) is 19.6 Å². The SMILES string of the molecule is Cc1cc(Cn2cc3c(N4CCOC4=O)nccc3n2)cnc1OCC(F)(F)F. The number of anilines is 1. The quantitative estimate of drug-likeness (QED) is 0.647. The first-order chi connectivity index (χ1) is 13.8. The van der Waals surface area contributed by atoms with Gasteiger partial charge in [-0.3, -0.25) is 9.58 Å². The molecule has 0 spiro atoms. The maximum absolute atomic E-state index is 12.3. The van der Waals surface area contributed by atoms with Crippen LogP contribution in [0.15, 0.2) is 30.7 Å². The van der Waals surface area contributed by atoms with Crippen LogP contribution in [0.3, 0.4) is 0 Å². The Morgan fingerprint density at radius 3 is 2.83 bits per heavy atom. The Labute approximate surface area is 162 Å². The van der Waals surface area contributed by atoms with Crippen molar-refractivity contribution in [3.8, 4) is 5.88 Å². The summed E-state index contributed by atoms with van der Waals surface area (Å²) >= 11 is 0. The van der Waals surface area contributed by atoms with Crippen LogP contribution in [0.25, 0.3) is 10.9 Å². The van der Waals surface area contributed by atoms with Crippen molar-refractivity contribution in [2.75, 3.05) is 24.7 Å². The summed E-state index contributed by atoms with van der Waals surface area (Å²) in [7, 11) is 0. The van der Waals surface area contributed by atoms with Crippen LogP contribution in [0.2, 0.25) is 0 Å². The van der Waals surface area contributed by atoms with Crippen LogP contribution in [0, 0.1) is 6.92 Å². The average molecular weight is 407 g/mol. The number of fused-ring (bicyclic) bond motifs is 1. The lowest BCUT2D eigenvalue weighted by molar-refractivity contribution is -0.154. The lowest BCUT2D eigenvalue weighted by Gasteiger charge is -2.11. The highest BCUT2D eigenvalue weighted by atomic mass is 19.4. The number of hydrogen-bond acceptors (Lipinski definition) is 6. The van der Waals surface area contributed by atoms with Crippen molar-refractivity contribution in [3.05, 3.63) is 41.9 Å². The van der Waals surface area contributed by atoms with Gasteiger partial charge in [0.25, 0.3) is 0 Å². The third kappa shape index (κ3) is 4.08. The molecule has 3 aromatic rings. The molecular formula is C18H16F3N5O3. The number of nitrogens with zero attached hydrogens (tertiary/aromatic N) is 5. The van der Waals surface area contributed by atoms with Crippen LogP contribution >= 0.6 is 0 Å². The molecule has 4 rings (SSSR count). The second-order valence-corrected chi connectivity index (χ2v) is 6.53. The number of alkyl halides is 3. The minimum atomic E-state index is -4.42. The lowest BCUT2D eigenvalue weighted by atomic mass is 10.2. The molecular weight excluding hydrogens is 391 g/mol. The second-order valence-electron chi connectivity index (χ2n) is 6.53. The molecule has 1 aliphatic rings. The summed E-state index contributed by atoms with van der Waals surface area (Å²) in [6.07, 6.45) is -0.101. The molecule has 152 valence electrons. The highest BCUT2D eigenvalue weighted by molar-refractivity contribution is 5.98. The van der Waals surface area contributed by atoms with Crippen molar-refractivity contribution in [2.24, 2.45) is 0 Å². The van der Waals surface area contributed by atoms with E-state index in [0.29, 0.717) is 42.0 Å². The molecule has 1 saturated heterocycles. The van der Waals surface area contributed by atoms with Gasteiger partial charge in [-0.05, 0) is 24.6 Å². The van der Waals surface area contributed by atoms with Gasteiger partial charge in [-0.15, -0.1) is 0 Å². The summed E-state index contributed by atoms with van der Waals surface area (Å²) in [5.74, 6) is 0.414. The third-order valence-electron chi connectivity index (χ3n) is 4.28. The summed E-state index contributed by atoms with van der Waals surface area (Å²) in [6.45, 7) is 1.30. The molecule has 3 aromatic heterocycles. The fraction of sp³-hybridized carbons (Fsp3) is 0.333. The molecule has 29 heavy (non-hydrogen) atoms. The number of pyridine rings is 2. The van der Waals surface area contributed by atoms with Gasteiger partial charge in [0.2, 0.25) is 5.88 Å². The van der Waals surface area contributed by atoms with E-state index in [1.54, 1.807) is 36.1 Å². The van der Waals surface area contributed by atoms with Crippen LogP contribution in [0.4, 0.5) is 23.8 Å². The smallest absolute Gasteiger partial charge is 0.422 e. The van der Waals surface area contributed by atoms with Crippen molar-refractivity contribution in [1.29, 1.82) is 0 Å². The number of carbonyl (C=O) groups is 1. The Bertz CT molecular complexity index is 1070.